The summed E-state index contributed by atoms with van der Waals surface area (Å²) in [5.74, 6) is 0.339. The Morgan fingerprint density at radius 1 is 1.73 bits per heavy atom. The van der Waals surface area contributed by atoms with E-state index in [-0.39, 0.29) is 6.10 Å². The number of carbonyl (C=O) groups excluding carboxylic acids is 1. The van der Waals surface area contributed by atoms with E-state index in [0.717, 1.165) is 6.42 Å². The minimum absolute atomic E-state index is 0.146. The molecule has 1 saturated heterocycles. The van der Waals surface area contributed by atoms with Gasteiger partial charge >= 0.3 is 0 Å². The highest BCUT2D eigenvalue weighted by Crippen LogP contribution is 2.12. The molecule has 1 atom stereocenters. The molecule has 0 aliphatic carbocycles. The molecular formula is C9H14O2. The van der Waals surface area contributed by atoms with Crippen molar-refractivity contribution in [1.29, 1.82) is 0 Å². The molecule has 0 saturated carbocycles. The van der Waals surface area contributed by atoms with Gasteiger partial charge in [-0.25, -0.2) is 0 Å². The summed E-state index contributed by atoms with van der Waals surface area (Å²) in [4.78, 5) is 10.9. The molecule has 0 aromatic heterocycles. The fraction of sp³-hybridized carbons (Fsp3) is 0.667. The van der Waals surface area contributed by atoms with Crippen LogP contribution in [0.15, 0.2) is 12.2 Å². The molecule has 1 aliphatic rings. The molecule has 11 heavy (non-hydrogen) atoms. The zero-order chi connectivity index (χ0) is 8.10. The molecule has 62 valence electrons. The van der Waals surface area contributed by atoms with Crippen LogP contribution in [0.3, 0.4) is 0 Å². The molecule has 1 heterocycles. The van der Waals surface area contributed by atoms with Crippen LogP contribution in [0.1, 0.15) is 26.2 Å². The van der Waals surface area contributed by atoms with Crippen LogP contribution in [0.5, 0.6) is 0 Å². The molecule has 0 aromatic rings. The third-order valence-electron chi connectivity index (χ3n) is 1.82. The summed E-state index contributed by atoms with van der Waals surface area (Å²) in [7, 11) is 0. The molecule has 0 aromatic carbocycles. The number of hydrogen-bond acceptors (Lipinski definition) is 2. The highest BCUT2D eigenvalue weighted by molar-refractivity contribution is 5.79. The van der Waals surface area contributed by atoms with Crippen molar-refractivity contribution in [3.05, 3.63) is 12.2 Å². The van der Waals surface area contributed by atoms with Gasteiger partial charge in [0.1, 0.15) is 5.78 Å². The van der Waals surface area contributed by atoms with Crippen molar-refractivity contribution in [3.63, 3.8) is 0 Å². The first kappa shape index (κ1) is 8.47. The smallest absolute Gasteiger partial charge is 0.137 e. The maximum absolute atomic E-state index is 10.9. The number of carbonyl (C=O) groups is 1. The standard InChI is InChI=1S/C9H14O2/c1-2-3-4-9-7-8(10)5-6-11-9/h2-3,9H,4-7H2,1H3/b3-2+. The fourth-order valence-electron chi connectivity index (χ4n) is 1.19. The van der Waals surface area contributed by atoms with E-state index in [1.54, 1.807) is 0 Å². The predicted molar refractivity (Wildman–Crippen MR) is 43.4 cm³/mol. The quantitative estimate of drug-likeness (QED) is 0.566. The van der Waals surface area contributed by atoms with Gasteiger partial charge in [0, 0.05) is 12.8 Å². The summed E-state index contributed by atoms with van der Waals surface area (Å²) in [5, 5.41) is 0. The highest BCUT2D eigenvalue weighted by atomic mass is 16.5. The lowest BCUT2D eigenvalue weighted by molar-refractivity contribution is -0.128. The van der Waals surface area contributed by atoms with E-state index in [9.17, 15) is 4.79 Å². The monoisotopic (exact) mass is 154 g/mol. The predicted octanol–water partition coefficient (Wildman–Crippen LogP) is 1.70. The second-order valence-corrected chi connectivity index (χ2v) is 2.79. The van der Waals surface area contributed by atoms with Gasteiger partial charge in [0.15, 0.2) is 0 Å². The summed E-state index contributed by atoms with van der Waals surface area (Å²) < 4.78 is 5.38. The van der Waals surface area contributed by atoms with E-state index in [1.807, 2.05) is 19.1 Å². The SMILES string of the molecule is C/C=C/CC1CC(=O)CCO1. The molecule has 2 nitrogen and oxygen atoms in total. The van der Waals surface area contributed by atoms with E-state index in [1.165, 1.54) is 0 Å². The van der Waals surface area contributed by atoms with Gasteiger partial charge in [0.05, 0.1) is 12.7 Å². The number of hydrogen-bond donors (Lipinski definition) is 0. The van der Waals surface area contributed by atoms with Crippen molar-refractivity contribution in [3.8, 4) is 0 Å². The second kappa shape index (κ2) is 4.29. The van der Waals surface area contributed by atoms with Gasteiger partial charge in [-0.3, -0.25) is 4.79 Å². The first-order valence-corrected chi connectivity index (χ1v) is 4.07. The molecule has 0 radical (unpaired) electrons. The zero-order valence-electron chi connectivity index (χ0n) is 6.88. The van der Waals surface area contributed by atoms with Gasteiger partial charge in [-0.15, -0.1) is 0 Å². The maximum atomic E-state index is 10.9. The number of ether oxygens (including phenoxy) is 1. The lowest BCUT2D eigenvalue weighted by Gasteiger charge is -2.20. The minimum Gasteiger partial charge on any atom is -0.377 e. The summed E-state index contributed by atoms with van der Waals surface area (Å²) in [6.45, 7) is 2.59. The third kappa shape index (κ3) is 2.85. The first-order valence-electron chi connectivity index (χ1n) is 4.07. The Morgan fingerprint density at radius 3 is 3.18 bits per heavy atom. The molecule has 0 bridgehead atoms. The van der Waals surface area contributed by atoms with Crippen molar-refractivity contribution in [2.75, 3.05) is 6.61 Å². The molecule has 0 amide bonds. The molecule has 1 unspecified atom stereocenters. The van der Waals surface area contributed by atoms with Gasteiger partial charge in [-0.2, -0.15) is 0 Å². The van der Waals surface area contributed by atoms with Crippen molar-refractivity contribution >= 4 is 5.78 Å². The van der Waals surface area contributed by atoms with Crippen LogP contribution in [0.25, 0.3) is 0 Å². The molecule has 0 N–H and O–H groups in total. The second-order valence-electron chi connectivity index (χ2n) is 2.79. The Hall–Kier alpha value is -0.630. The van der Waals surface area contributed by atoms with E-state index in [2.05, 4.69) is 0 Å². The Balaban J connectivity index is 2.28. The van der Waals surface area contributed by atoms with Gasteiger partial charge in [-0.1, -0.05) is 12.2 Å². The fourth-order valence-corrected chi connectivity index (χ4v) is 1.19. The van der Waals surface area contributed by atoms with Crippen LogP contribution in [0.2, 0.25) is 0 Å². The Labute approximate surface area is 67.2 Å². The van der Waals surface area contributed by atoms with Crippen LogP contribution in [-0.2, 0) is 9.53 Å². The normalized spacial score (nSPS) is 26.3. The van der Waals surface area contributed by atoms with Crippen LogP contribution in [0, 0.1) is 0 Å². The van der Waals surface area contributed by atoms with Crippen molar-refractivity contribution in [1.82, 2.24) is 0 Å². The topological polar surface area (TPSA) is 26.3 Å². The maximum Gasteiger partial charge on any atom is 0.137 e. The molecular weight excluding hydrogens is 140 g/mol. The zero-order valence-corrected chi connectivity index (χ0v) is 6.88. The van der Waals surface area contributed by atoms with Gasteiger partial charge < -0.3 is 4.74 Å². The first-order chi connectivity index (χ1) is 5.33. The summed E-state index contributed by atoms with van der Waals surface area (Å²) in [5.41, 5.74) is 0. The van der Waals surface area contributed by atoms with Crippen molar-refractivity contribution in [2.24, 2.45) is 0 Å². The number of allylic oxidation sites excluding steroid dienone is 1. The Morgan fingerprint density at radius 2 is 2.55 bits per heavy atom. The average molecular weight is 154 g/mol. The summed E-state index contributed by atoms with van der Waals surface area (Å²) in [6.07, 6.45) is 6.26. The van der Waals surface area contributed by atoms with Crippen LogP contribution in [-0.4, -0.2) is 18.5 Å². The van der Waals surface area contributed by atoms with Crippen LogP contribution in [0.4, 0.5) is 0 Å². The third-order valence-corrected chi connectivity index (χ3v) is 1.82. The van der Waals surface area contributed by atoms with Crippen LogP contribution < -0.4 is 0 Å². The minimum atomic E-state index is 0.146. The largest absolute Gasteiger partial charge is 0.377 e. The Bertz CT molecular complexity index is 161. The number of ketones is 1. The highest BCUT2D eigenvalue weighted by Gasteiger charge is 2.18. The average Bonchev–Trinajstić information content (AvgIpc) is 2.01. The Kier molecular flexibility index (Phi) is 3.30. The van der Waals surface area contributed by atoms with Gasteiger partial charge in [-0.05, 0) is 13.3 Å². The van der Waals surface area contributed by atoms with Crippen molar-refractivity contribution in [2.45, 2.75) is 32.3 Å². The van der Waals surface area contributed by atoms with Crippen LogP contribution >= 0.6 is 0 Å². The molecule has 2 heteroatoms. The van der Waals surface area contributed by atoms with Gasteiger partial charge in [0.25, 0.3) is 0 Å². The molecule has 1 rings (SSSR count). The van der Waals surface area contributed by atoms with E-state index in [0.29, 0.717) is 25.2 Å². The van der Waals surface area contributed by atoms with Gasteiger partial charge in [0.2, 0.25) is 0 Å². The number of rotatable bonds is 2. The van der Waals surface area contributed by atoms with E-state index in [4.69, 9.17) is 4.74 Å². The van der Waals surface area contributed by atoms with E-state index >= 15 is 0 Å². The van der Waals surface area contributed by atoms with E-state index < -0.39 is 0 Å². The van der Waals surface area contributed by atoms with Crippen molar-refractivity contribution < 1.29 is 9.53 Å². The number of Topliss-reactive ketones (excluding diaryl/α,β-unsaturated/α-hetero) is 1. The lowest BCUT2D eigenvalue weighted by atomic mass is 10.1. The summed E-state index contributed by atoms with van der Waals surface area (Å²) in [6, 6.07) is 0. The molecule has 0 spiro atoms. The molecule has 1 aliphatic heterocycles. The summed E-state index contributed by atoms with van der Waals surface area (Å²) >= 11 is 0. The lowest BCUT2D eigenvalue weighted by Crippen LogP contribution is -2.24. The molecule has 1 fully saturated rings.